The molecule has 1 heterocycles. The molecule has 0 aromatic carbocycles. The van der Waals surface area contributed by atoms with Crippen LogP contribution in [0.25, 0.3) is 0 Å². The lowest BCUT2D eigenvalue weighted by Crippen LogP contribution is -2.18. The van der Waals surface area contributed by atoms with E-state index in [0.29, 0.717) is 5.92 Å². The Morgan fingerprint density at radius 3 is 2.53 bits per heavy atom. The maximum Gasteiger partial charge on any atom is 0.227 e. The first kappa shape index (κ1) is 14.8. The van der Waals surface area contributed by atoms with E-state index in [-0.39, 0.29) is 0 Å². The van der Waals surface area contributed by atoms with Gasteiger partial charge in [0.25, 0.3) is 0 Å². The molecule has 1 aliphatic carbocycles. The maximum absolute atomic E-state index is 4.79. The van der Waals surface area contributed by atoms with E-state index in [1.807, 2.05) is 19.0 Å². The van der Waals surface area contributed by atoms with Crippen LogP contribution in [0.1, 0.15) is 50.6 Å². The first-order valence-corrected chi connectivity index (χ1v) is 8.20. The molecule has 5 heteroatoms. The third-order valence-corrected chi connectivity index (χ3v) is 4.61. The van der Waals surface area contributed by atoms with Crippen molar-refractivity contribution in [2.24, 2.45) is 0 Å². The van der Waals surface area contributed by atoms with Crippen molar-refractivity contribution in [3.05, 3.63) is 9.26 Å². The van der Waals surface area contributed by atoms with Gasteiger partial charge >= 0.3 is 0 Å². The molecule has 4 nitrogen and oxygen atoms in total. The van der Waals surface area contributed by atoms with E-state index < -0.39 is 0 Å². The van der Waals surface area contributed by atoms with Gasteiger partial charge in [-0.1, -0.05) is 19.8 Å². The first-order valence-electron chi connectivity index (χ1n) is 7.12. The fourth-order valence-corrected chi connectivity index (χ4v) is 3.35. The Kier molecular flexibility index (Phi) is 5.24. The minimum absolute atomic E-state index is 0.621. The fourth-order valence-electron chi connectivity index (χ4n) is 2.48. The van der Waals surface area contributed by atoms with E-state index in [9.17, 15) is 0 Å². The second-order valence-electron chi connectivity index (χ2n) is 5.37. The van der Waals surface area contributed by atoms with Crippen molar-refractivity contribution >= 4 is 34.4 Å². The summed E-state index contributed by atoms with van der Waals surface area (Å²) in [6, 6.07) is 0. The standard InChI is InChI=1S/C14H23IN4/c1-4-9-16-13-11(15)12(10-7-5-6-8-10)17-14(18-13)19(2)3/h10H,4-9H2,1-3H3,(H,16,17,18). The summed E-state index contributed by atoms with van der Waals surface area (Å²) < 4.78 is 1.21. The largest absolute Gasteiger partial charge is 0.369 e. The minimum Gasteiger partial charge on any atom is -0.369 e. The number of nitrogens with zero attached hydrogens (tertiary/aromatic N) is 3. The predicted molar refractivity (Wildman–Crippen MR) is 89.1 cm³/mol. The van der Waals surface area contributed by atoms with Crippen LogP contribution in [0.4, 0.5) is 11.8 Å². The van der Waals surface area contributed by atoms with Gasteiger partial charge in [-0.25, -0.2) is 4.98 Å². The van der Waals surface area contributed by atoms with Crippen LogP contribution in [0.5, 0.6) is 0 Å². The molecule has 1 aliphatic rings. The zero-order valence-electron chi connectivity index (χ0n) is 12.0. The number of nitrogens with one attached hydrogen (secondary N) is 1. The average Bonchev–Trinajstić information content (AvgIpc) is 2.91. The van der Waals surface area contributed by atoms with Crippen molar-refractivity contribution < 1.29 is 0 Å². The highest BCUT2D eigenvalue weighted by Gasteiger charge is 2.24. The molecule has 1 fully saturated rings. The van der Waals surface area contributed by atoms with Gasteiger partial charge in [-0.3, -0.25) is 0 Å². The molecular formula is C14H23IN4. The van der Waals surface area contributed by atoms with Gasteiger partial charge in [-0.05, 0) is 41.9 Å². The molecule has 0 aliphatic heterocycles. The summed E-state index contributed by atoms with van der Waals surface area (Å²) in [6.45, 7) is 3.13. The molecule has 0 saturated heterocycles. The van der Waals surface area contributed by atoms with Gasteiger partial charge in [0.2, 0.25) is 5.95 Å². The van der Waals surface area contributed by atoms with Crippen LogP contribution in [0.15, 0.2) is 0 Å². The van der Waals surface area contributed by atoms with Crippen LogP contribution in [-0.2, 0) is 0 Å². The molecule has 0 unspecified atom stereocenters. The van der Waals surface area contributed by atoms with Gasteiger partial charge < -0.3 is 10.2 Å². The summed E-state index contributed by atoms with van der Waals surface area (Å²) in [7, 11) is 4.01. The third-order valence-electron chi connectivity index (χ3n) is 3.55. The Morgan fingerprint density at radius 2 is 1.95 bits per heavy atom. The van der Waals surface area contributed by atoms with Gasteiger partial charge in [0.1, 0.15) is 5.82 Å². The Morgan fingerprint density at radius 1 is 1.26 bits per heavy atom. The van der Waals surface area contributed by atoms with Crippen molar-refractivity contribution in [1.82, 2.24) is 9.97 Å². The summed E-state index contributed by atoms with van der Waals surface area (Å²) in [5.74, 6) is 2.44. The van der Waals surface area contributed by atoms with Crippen LogP contribution in [-0.4, -0.2) is 30.6 Å². The van der Waals surface area contributed by atoms with Crippen molar-refractivity contribution in [1.29, 1.82) is 0 Å². The van der Waals surface area contributed by atoms with Crippen molar-refractivity contribution in [2.75, 3.05) is 30.9 Å². The average molecular weight is 374 g/mol. The summed E-state index contributed by atoms with van der Waals surface area (Å²) in [5, 5.41) is 3.44. The number of hydrogen-bond donors (Lipinski definition) is 1. The zero-order valence-corrected chi connectivity index (χ0v) is 14.2. The van der Waals surface area contributed by atoms with E-state index in [0.717, 1.165) is 24.7 Å². The summed E-state index contributed by atoms with van der Waals surface area (Å²) in [6.07, 6.45) is 6.32. The van der Waals surface area contributed by atoms with Gasteiger partial charge in [0.15, 0.2) is 0 Å². The number of anilines is 2. The molecule has 0 radical (unpaired) electrons. The van der Waals surface area contributed by atoms with Gasteiger partial charge in [0.05, 0.1) is 9.26 Å². The summed E-state index contributed by atoms with van der Waals surface area (Å²) in [4.78, 5) is 11.4. The van der Waals surface area contributed by atoms with E-state index in [1.165, 1.54) is 34.9 Å². The molecule has 1 saturated carbocycles. The topological polar surface area (TPSA) is 41.1 Å². The molecule has 1 N–H and O–H groups in total. The molecule has 1 aromatic rings. The number of rotatable bonds is 5. The second-order valence-corrected chi connectivity index (χ2v) is 6.45. The van der Waals surface area contributed by atoms with Crippen molar-refractivity contribution in [3.63, 3.8) is 0 Å². The molecule has 0 amide bonds. The molecule has 0 atom stereocenters. The molecular weight excluding hydrogens is 351 g/mol. The second kappa shape index (κ2) is 6.72. The van der Waals surface area contributed by atoms with Crippen molar-refractivity contribution in [2.45, 2.75) is 44.9 Å². The van der Waals surface area contributed by atoms with Crippen molar-refractivity contribution in [3.8, 4) is 0 Å². The minimum atomic E-state index is 0.621. The van der Waals surface area contributed by atoms with E-state index >= 15 is 0 Å². The van der Waals surface area contributed by atoms with Crippen LogP contribution < -0.4 is 10.2 Å². The number of hydrogen-bond acceptors (Lipinski definition) is 4. The molecule has 0 spiro atoms. The van der Waals surface area contributed by atoms with Crippen LogP contribution in [0.3, 0.4) is 0 Å². The Balaban J connectivity index is 2.36. The van der Waals surface area contributed by atoms with Gasteiger partial charge in [0, 0.05) is 26.6 Å². The highest BCUT2D eigenvalue weighted by Crippen LogP contribution is 2.37. The highest BCUT2D eigenvalue weighted by molar-refractivity contribution is 14.1. The molecule has 19 heavy (non-hydrogen) atoms. The first-order chi connectivity index (χ1) is 9.13. The van der Waals surface area contributed by atoms with Crippen LogP contribution in [0.2, 0.25) is 0 Å². The smallest absolute Gasteiger partial charge is 0.227 e. The molecule has 2 rings (SSSR count). The van der Waals surface area contributed by atoms with Crippen LogP contribution >= 0.6 is 22.6 Å². The number of halogens is 1. The monoisotopic (exact) mass is 374 g/mol. The molecule has 0 bridgehead atoms. The highest BCUT2D eigenvalue weighted by atomic mass is 127. The zero-order chi connectivity index (χ0) is 13.8. The van der Waals surface area contributed by atoms with Gasteiger partial charge in [-0.2, -0.15) is 4.98 Å². The third kappa shape index (κ3) is 3.49. The lowest BCUT2D eigenvalue weighted by atomic mass is 10.0. The van der Waals surface area contributed by atoms with Crippen LogP contribution in [0, 0.1) is 3.57 Å². The molecule has 106 valence electrons. The Hall–Kier alpha value is -0.590. The fraction of sp³-hybridized carbons (Fsp3) is 0.714. The summed E-state index contributed by atoms with van der Waals surface area (Å²) in [5.41, 5.74) is 1.25. The van der Waals surface area contributed by atoms with E-state index in [4.69, 9.17) is 4.98 Å². The Bertz CT molecular complexity index is 428. The quantitative estimate of drug-likeness (QED) is 0.800. The SMILES string of the molecule is CCCNc1nc(N(C)C)nc(C2CCCC2)c1I. The lowest BCUT2D eigenvalue weighted by molar-refractivity contribution is 0.687. The number of aromatic nitrogens is 2. The normalized spacial score (nSPS) is 15.8. The Labute approximate surface area is 129 Å². The predicted octanol–water partition coefficient (Wildman–Crippen LogP) is 3.63. The molecule has 1 aromatic heterocycles. The van der Waals surface area contributed by atoms with E-state index in [1.54, 1.807) is 0 Å². The maximum atomic E-state index is 4.79. The summed E-state index contributed by atoms with van der Waals surface area (Å²) >= 11 is 2.40. The van der Waals surface area contributed by atoms with E-state index in [2.05, 4.69) is 39.8 Å². The van der Waals surface area contributed by atoms with Gasteiger partial charge in [-0.15, -0.1) is 0 Å². The lowest BCUT2D eigenvalue weighted by Gasteiger charge is -2.19.